The van der Waals surface area contributed by atoms with E-state index in [-0.39, 0.29) is 11.3 Å². The maximum atomic E-state index is 12.9. The highest BCUT2D eigenvalue weighted by Crippen LogP contribution is 2.38. The van der Waals surface area contributed by atoms with Crippen molar-refractivity contribution in [3.8, 4) is 6.07 Å². The number of nitrogens with one attached hydrogen (secondary N) is 1. The Morgan fingerprint density at radius 2 is 1.95 bits per heavy atom. The maximum Gasteiger partial charge on any atom is 0.234 e. The summed E-state index contributed by atoms with van der Waals surface area (Å²) < 4.78 is 0. The average molecular weight is 269 g/mol. The molecule has 4 nitrogen and oxygen atoms in total. The highest BCUT2D eigenvalue weighted by atomic mass is 16.2. The highest BCUT2D eigenvalue weighted by molar-refractivity contribution is 5.98. The van der Waals surface area contributed by atoms with Crippen LogP contribution in [0.3, 0.4) is 0 Å². The molecule has 1 atom stereocenters. The molecule has 0 bridgehead atoms. The summed E-state index contributed by atoms with van der Waals surface area (Å²) in [6, 6.07) is 9.43. The van der Waals surface area contributed by atoms with E-state index in [1.165, 1.54) is 0 Å². The molecule has 1 amide bonds. The first-order chi connectivity index (χ1) is 9.75. The smallest absolute Gasteiger partial charge is 0.234 e. The van der Waals surface area contributed by atoms with E-state index < -0.39 is 0 Å². The van der Waals surface area contributed by atoms with Gasteiger partial charge in [0.1, 0.15) is 0 Å². The second kappa shape index (κ2) is 5.26. The molecule has 2 heterocycles. The van der Waals surface area contributed by atoms with E-state index in [0.29, 0.717) is 5.56 Å². The molecule has 20 heavy (non-hydrogen) atoms. The van der Waals surface area contributed by atoms with Gasteiger partial charge in [0, 0.05) is 18.8 Å². The number of nitriles is 1. The van der Waals surface area contributed by atoms with Crippen LogP contribution in [0.25, 0.3) is 0 Å². The molecule has 2 fully saturated rings. The number of hydrogen-bond acceptors (Lipinski definition) is 3. The third-order valence-corrected chi connectivity index (χ3v) is 4.52. The number of anilines is 1. The van der Waals surface area contributed by atoms with Gasteiger partial charge in [-0.05, 0) is 56.5 Å². The number of carbonyl (C=O) groups is 1. The van der Waals surface area contributed by atoms with Gasteiger partial charge in [0.25, 0.3) is 0 Å². The van der Waals surface area contributed by atoms with Gasteiger partial charge in [-0.2, -0.15) is 5.26 Å². The maximum absolute atomic E-state index is 12.9. The third kappa shape index (κ3) is 2.19. The number of nitrogens with zero attached hydrogens (tertiary/aromatic N) is 2. The Morgan fingerprint density at radius 1 is 1.20 bits per heavy atom. The van der Waals surface area contributed by atoms with Crippen molar-refractivity contribution in [1.82, 2.24) is 5.32 Å². The molecule has 2 aliphatic rings. The SMILES string of the molecule is N#Cc1ccc(N2CCCC3(CCCNC3)C2=O)cc1. The summed E-state index contributed by atoms with van der Waals surface area (Å²) >= 11 is 0. The fourth-order valence-corrected chi connectivity index (χ4v) is 3.40. The molecule has 3 rings (SSSR count). The first-order valence-electron chi connectivity index (χ1n) is 7.28. The number of piperidine rings is 2. The Bertz CT molecular complexity index is 532. The number of amides is 1. The number of carbonyl (C=O) groups excluding carboxylic acids is 1. The van der Waals surface area contributed by atoms with Crippen molar-refractivity contribution in [2.75, 3.05) is 24.5 Å². The summed E-state index contributed by atoms with van der Waals surface area (Å²) in [4.78, 5) is 14.8. The van der Waals surface area contributed by atoms with Crippen LogP contribution in [0.1, 0.15) is 31.2 Å². The minimum Gasteiger partial charge on any atom is -0.316 e. The predicted octanol–water partition coefficient (Wildman–Crippen LogP) is 2.05. The fourth-order valence-electron chi connectivity index (χ4n) is 3.40. The zero-order valence-electron chi connectivity index (χ0n) is 11.6. The molecule has 1 N–H and O–H groups in total. The normalized spacial score (nSPS) is 26.6. The lowest BCUT2D eigenvalue weighted by molar-refractivity contribution is -0.131. The fraction of sp³-hybridized carbons (Fsp3) is 0.500. The molecule has 1 unspecified atom stereocenters. The summed E-state index contributed by atoms with van der Waals surface area (Å²) in [5.74, 6) is 0.251. The second-order valence-electron chi connectivity index (χ2n) is 5.78. The van der Waals surface area contributed by atoms with E-state index >= 15 is 0 Å². The van der Waals surface area contributed by atoms with Gasteiger partial charge in [-0.15, -0.1) is 0 Å². The molecule has 1 aromatic rings. The summed E-state index contributed by atoms with van der Waals surface area (Å²) in [5, 5.41) is 12.2. The first-order valence-corrected chi connectivity index (χ1v) is 7.28. The van der Waals surface area contributed by atoms with Crippen LogP contribution in [0, 0.1) is 16.7 Å². The van der Waals surface area contributed by atoms with Crippen molar-refractivity contribution >= 4 is 11.6 Å². The van der Waals surface area contributed by atoms with E-state index in [1.807, 2.05) is 17.0 Å². The molecule has 1 aromatic carbocycles. The van der Waals surface area contributed by atoms with Crippen LogP contribution in [0.2, 0.25) is 0 Å². The van der Waals surface area contributed by atoms with E-state index in [2.05, 4.69) is 11.4 Å². The Hall–Kier alpha value is -1.86. The molecule has 1 spiro atoms. The minimum atomic E-state index is -0.204. The topological polar surface area (TPSA) is 56.1 Å². The van der Waals surface area contributed by atoms with Crippen LogP contribution in [0.5, 0.6) is 0 Å². The van der Waals surface area contributed by atoms with Gasteiger partial charge < -0.3 is 10.2 Å². The van der Waals surface area contributed by atoms with Crippen molar-refractivity contribution in [1.29, 1.82) is 5.26 Å². The largest absolute Gasteiger partial charge is 0.316 e. The molecule has 4 heteroatoms. The van der Waals surface area contributed by atoms with Crippen LogP contribution in [-0.2, 0) is 4.79 Å². The minimum absolute atomic E-state index is 0.204. The molecule has 2 saturated heterocycles. The summed E-state index contributed by atoms with van der Waals surface area (Å²) in [7, 11) is 0. The summed E-state index contributed by atoms with van der Waals surface area (Å²) in [5.41, 5.74) is 1.34. The quantitative estimate of drug-likeness (QED) is 0.849. The summed E-state index contributed by atoms with van der Waals surface area (Å²) in [6.45, 7) is 2.61. The van der Waals surface area contributed by atoms with Gasteiger partial charge >= 0.3 is 0 Å². The number of hydrogen-bond donors (Lipinski definition) is 1. The zero-order valence-corrected chi connectivity index (χ0v) is 11.6. The molecule has 0 radical (unpaired) electrons. The van der Waals surface area contributed by atoms with E-state index in [4.69, 9.17) is 5.26 Å². The average Bonchev–Trinajstić information content (AvgIpc) is 2.51. The Morgan fingerprint density at radius 3 is 2.60 bits per heavy atom. The second-order valence-corrected chi connectivity index (χ2v) is 5.78. The highest BCUT2D eigenvalue weighted by Gasteiger charge is 2.44. The lowest BCUT2D eigenvalue weighted by Crippen LogP contribution is -2.55. The van der Waals surface area contributed by atoms with Gasteiger partial charge in [-0.1, -0.05) is 0 Å². The monoisotopic (exact) mass is 269 g/mol. The van der Waals surface area contributed by atoms with Gasteiger partial charge in [-0.3, -0.25) is 4.79 Å². The van der Waals surface area contributed by atoms with Crippen LogP contribution in [-0.4, -0.2) is 25.5 Å². The van der Waals surface area contributed by atoms with E-state index in [9.17, 15) is 4.79 Å². The van der Waals surface area contributed by atoms with Crippen LogP contribution in [0.4, 0.5) is 5.69 Å². The van der Waals surface area contributed by atoms with Gasteiger partial charge in [0.15, 0.2) is 0 Å². The van der Waals surface area contributed by atoms with Crippen molar-refractivity contribution < 1.29 is 4.79 Å². The molecular weight excluding hydrogens is 250 g/mol. The lowest BCUT2D eigenvalue weighted by atomic mass is 9.73. The van der Waals surface area contributed by atoms with Crippen molar-refractivity contribution in [3.05, 3.63) is 29.8 Å². The van der Waals surface area contributed by atoms with Crippen molar-refractivity contribution in [2.45, 2.75) is 25.7 Å². The first kappa shape index (κ1) is 13.1. The molecule has 104 valence electrons. The van der Waals surface area contributed by atoms with E-state index in [0.717, 1.165) is 51.0 Å². The predicted molar refractivity (Wildman–Crippen MR) is 77.3 cm³/mol. The third-order valence-electron chi connectivity index (χ3n) is 4.52. The lowest BCUT2D eigenvalue weighted by Gasteiger charge is -2.44. The Kier molecular flexibility index (Phi) is 3.45. The van der Waals surface area contributed by atoms with Crippen molar-refractivity contribution in [3.63, 3.8) is 0 Å². The van der Waals surface area contributed by atoms with Crippen LogP contribution >= 0.6 is 0 Å². The Balaban J connectivity index is 1.85. The van der Waals surface area contributed by atoms with Gasteiger partial charge in [0.2, 0.25) is 5.91 Å². The van der Waals surface area contributed by atoms with Gasteiger partial charge in [0.05, 0.1) is 17.0 Å². The zero-order chi connectivity index (χ0) is 14.0. The van der Waals surface area contributed by atoms with E-state index in [1.54, 1.807) is 12.1 Å². The van der Waals surface area contributed by atoms with Crippen molar-refractivity contribution in [2.24, 2.45) is 5.41 Å². The summed E-state index contributed by atoms with van der Waals surface area (Å²) in [6.07, 6.45) is 4.11. The molecule has 0 aromatic heterocycles. The van der Waals surface area contributed by atoms with Gasteiger partial charge in [-0.25, -0.2) is 0 Å². The molecule has 0 saturated carbocycles. The Labute approximate surface area is 119 Å². The molecule has 2 aliphatic heterocycles. The van der Waals surface area contributed by atoms with Crippen LogP contribution in [0.15, 0.2) is 24.3 Å². The number of rotatable bonds is 1. The number of benzene rings is 1. The standard InChI is InChI=1S/C16H19N3O/c17-11-13-3-5-14(6-4-13)19-10-2-8-16(15(19)20)7-1-9-18-12-16/h3-6,18H,1-2,7-10,12H2. The van der Waals surface area contributed by atoms with Crippen LogP contribution < -0.4 is 10.2 Å². The molecular formula is C16H19N3O. The molecule has 0 aliphatic carbocycles.